The lowest BCUT2D eigenvalue weighted by Gasteiger charge is -2.08. The molecule has 7 heteroatoms. The lowest BCUT2D eigenvalue weighted by atomic mass is 10.1. The zero-order valence-electron chi connectivity index (χ0n) is 14.3. The molecule has 0 spiro atoms. The van der Waals surface area contributed by atoms with Crippen LogP contribution >= 0.6 is 0 Å². The molecule has 0 atom stereocenters. The summed E-state index contributed by atoms with van der Waals surface area (Å²) in [5, 5.41) is 5.31. The first-order valence-corrected chi connectivity index (χ1v) is 7.97. The van der Waals surface area contributed by atoms with E-state index >= 15 is 0 Å². The fourth-order valence-corrected chi connectivity index (χ4v) is 2.06. The molecule has 0 aliphatic heterocycles. The average molecular weight is 353 g/mol. The molecule has 0 aliphatic carbocycles. The quantitative estimate of drug-likeness (QED) is 0.588. The molecule has 0 fully saturated rings. The average Bonchev–Trinajstić information content (AvgIpc) is 2.67. The Bertz CT molecular complexity index is 816. The van der Waals surface area contributed by atoms with Crippen molar-refractivity contribution < 1.29 is 19.1 Å². The molecule has 2 aromatic rings. The number of carbonyl (C=O) groups excluding carboxylic acids is 3. The number of carbonyl (C=O) groups is 3. The molecule has 2 N–H and O–H groups in total. The van der Waals surface area contributed by atoms with Crippen molar-refractivity contribution in [3.05, 3.63) is 72.1 Å². The normalized spacial score (nSPS) is 9.88. The maximum absolute atomic E-state index is 12.3. The first kappa shape index (κ1) is 18.9. The molecular formula is C19H19N3O4. The summed E-state index contributed by atoms with van der Waals surface area (Å²) in [6.07, 6.45) is 4.30. The van der Waals surface area contributed by atoms with E-state index in [1.165, 1.54) is 18.5 Å². The summed E-state index contributed by atoms with van der Waals surface area (Å²) in [6, 6.07) is 7.76. The Hall–Kier alpha value is -3.48. The van der Waals surface area contributed by atoms with E-state index in [0.29, 0.717) is 24.4 Å². The second-order valence-corrected chi connectivity index (χ2v) is 5.21. The van der Waals surface area contributed by atoms with Gasteiger partial charge in [0.05, 0.1) is 23.3 Å². The van der Waals surface area contributed by atoms with E-state index < -0.39 is 11.9 Å². The van der Waals surface area contributed by atoms with Crippen molar-refractivity contribution >= 4 is 23.5 Å². The van der Waals surface area contributed by atoms with Crippen LogP contribution in [0, 0.1) is 0 Å². The number of nitrogens with one attached hydrogen (secondary N) is 2. The maximum Gasteiger partial charge on any atom is 0.338 e. The number of amides is 2. The van der Waals surface area contributed by atoms with Crippen molar-refractivity contribution in [3.8, 4) is 0 Å². The molecule has 7 nitrogen and oxygen atoms in total. The van der Waals surface area contributed by atoms with Gasteiger partial charge in [-0.2, -0.15) is 0 Å². The zero-order valence-corrected chi connectivity index (χ0v) is 14.3. The van der Waals surface area contributed by atoms with Crippen molar-refractivity contribution in [3.63, 3.8) is 0 Å². The van der Waals surface area contributed by atoms with Crippen molar-refractivity contribution in [2.45, 2.75) is 6.92 Å². The van der Waals surface area contributed by atoms with Gasteiger partial charge in [-0.25, -0.2) is 4.79 Å². The Balaban J connectivity index is 2.06. The van der Waals surface area contributed by atoms with Gasteiger partial charge < -0.3 is 15.4 Å². The highest BCUT2D eigenvalue weighted by atomic mass is 16.5. The largest absolute Gasteiger partial charge is 0.462 e. The standard InChI is InChI=1S/C19H19N3O4/c1-3-9-21-17(23)14-10-15(12-20-11-14)18(24)22-16-7-5-13(6-8-16)19(25)26-4-2/h3,5-8,10-12H,1,4,9H2,2H3,(H,21,23)(H,22,24). The second kappa shape index (κ2) is 9.12. The molecule has 1 aromatic carbocycles. The van der Waals surface area contributed by atoms with Gasteiger partial charge in [0.25, 0.3) is 11.8 Å². The van der Waals surface area contributed by atoms with Crippen molar-refractivity contribution in [1.29, 1.82) is 0 Å². The number of benzene rings is 1. The number of anilines is 1. The molecule has 0 unspecified atom stereocenters. The molecule has 134 valence electrons. The fraction of sp³-hybridized carbons (Fsp3) is 0.158. The van der Waals surface area contributed by atoms with Crippen LogP contribution in [0.1, 0.15) is 38.0 Å². The van der Waals surface area contributed by atoms with Gasteiger partial charge in [-0.3, -0.25) is 14.6 Å². The second-order valence-electron chi connectivity index (χ2n) is 5.21. The van der Waals surface area contributed by atoms with E-state index in [1.54, 1.807) is 37.3 Å². The minimum absolute atomic E-state index is 0.241. The third-order valence-electron chi connectivity index (χ3n) is 3.32. The lowest BCUT2D eigenvalue weighted by molar-refractivity contribution is 0.0526. The van der Waals surface area contributed by atoms with Crippen LogP contribution in [0.25, 0.3) is 0 Å². The van der Waals surface area contributed by atoms with E-state index in [0.717, 1.165) is 0 Å². The van der Waals surface area contributed by atoms with Gasteiger partial charge >= 0.3 is 5.97 Å². The number of ether oxygens (including phenoxy) is 1. The Morgan fingerprint density at radius 2 is 1.73 bits per heavy atom. The van der Waals surface area contributed by atoms with Crippen LogP contribution in [0.3, 0.4) is 0 Å². The summed E-state index contributed by atoms with van der Waals surface area (Å²) in [6.45, 7) is 5.87. The molecule has 0 saturated heterocycles. The highest BCUT2D eigenvalue weighted by Crippen LogP contribution is 2.13. The molecule has 0 aliphatic rings. The number of aromatic nitrogens is 1. The number of hydrogen-bond acceptors (Lipinski definition) is 5. The molecule has 0 saturated carbocycles. The van der Waals surface area contributed by atoms with E-state index in [4.69, 9.17) is 4.74 Å². The van der Waals surface area contributed by atoms with E-state index in [-0.39, 0.29) is 17.0 Å². The van der Waals surface area contributed by atoms with Gasteiger partial charge in [0.15, 0.2) is 0 Å². The minimum atomic E-state index is -0.423. The van der Waals surface area contributed by atoms with Crippen LogP contribution in [0.5, 0.6) is 0 Å². The molecule has 2 rings (SSSR count). The smallest absolute Gasteiger partial charge is 0.338 e. The Labute approximate surface area is 151 Å². The van der Waals surface area contributed by atoms with E-state index in [2.05, 4.69) is 22.2 Å². The van der Waals surface area contributed by atoms with Gasteiger partial charge in [-0.1, -0.05) is 6.08 Å². The van der Waals surface area contributed by atoms with Crippen LogP contribution in [-0.4, -0.2) is 35.9 Å². The number of pyridine rings is 1. The first-order chi connectivity index (χ1) is 12.5. The van der Waals surface area contributed by atoms with Gasteiger partial charge in [0.2, 0.25) is 0 Å². The van der Waals surface area contributed by atoms with Gasteiger partial charge in [-0.05, 0) is 37.3 Å². The maximum atomic E-state index is 12.3. The van der Waals surface area contributed by atoms with Gasteiger partial charge in [-0.15, -0.1) is 6.58 Å². The highest BCUT2D eigenvalue weighted by molar-refractivity contribution is 6.06. The highest BCUT2D eigenvalue weighted by Gasteiger charge is 2.12. The van der Waals surface area contributed by atoms with Gasteiger partial charge in [0.1, 0.15) is 0 Å². The topological polar surface area (TPSA) is 97.4 Å². The predicted octanol–water partition coefficient (Wildman–Crippen LogP) is 2.43. The van der Waals surface area contributed by atoms with Gasteiger partial charge in [0, 0.05) is 24.6 Å². The third-order valence-corrected chi connectivity index (χ3v) is 3.32. The minimum Gasteiger partial charge on any atom is -0.462 e. The van der Waals surface area contributed by atoms with E-state index in [1.807, 2.05) is 0 Å². The molecule has 1 aromatic heterocycles. The Kier molecular flexibility index (Phi) is 6.61. The van der Waals surface area contributed by atoms with Crippen LogP contribution in [0.2, 0.25) is 0 Å². The first-order valence-electron chi connectivity index (χ1n) is 7.97. The molecule has 0 radical (unpaired) electrons. The fourth-order valence-electron chi connectivity index (χ4n) is 2.06. The SMILES string of the molecule is C=CCNC(=O)c1cncc(C(=O)Nc2ccc(C(=O)OCC)cc2)c1. The molecule has 2 amide bonds. The number of esters is 1. The molecular weight excluding hydrogens is 334 g/mol. The van der Waals surface area contributed by atoms with Crippen LogP contribution in [0.15, 0.2) is 55.4 Å². The number of nitrogens with zero attached hydrogens (tertiary/aromatic N) is 1. The summed E-state index contributed by atoms with van der Waals surface area (Å²) in [5.74, 6) is -1.18. The van der Waals surface area contributed by atoms with Crippen molar-refractivity contribution in [1.82, 2.24) is 10.3 Å². The molecule has 1 heterocycles. The van der Waals surface area contributed by atoms with Crippen LogP contribution < -0.4 is 10.6 Å². The summed E-state index contributed by atoms with van der Waals surface area (Å²) >= 11 is 0. The summed E-state index contributed by atoms with van der Waals surface area (Å²) in [5.41, 5.74) is 1.42. The third kappa shape index (κ3) is 5.01. The summed E-state index contributed by atoms with van der Waals surface area (Å²) in [7, 11) is 0. The number of hydrogen-bond donors (Lipinski definition) is 2. The Morgan fingerprint density at radius 1 is 1.08 bits per heavy atom. The zero-order chi connectivity index (χ0) is 18.9. The summed E-state index contributed by atoms with van der Waals surface area (Å²) < 4.78 is 4.90. The molecule has 0 bridgehead atoms. The van der Waals surface area contributed by atoms with Crippen LogP contribution in [0.4, 0.5) is 5.69 Å². The van der Waals surface area contributed by atoms with Crippen LogP contribution in [-0.2, 0) is 4.74 Å². The molecule has 26 heavy (non-hydrogen) atoms. The van der Waals surface area contributed by atoms with Crippen molar-refractivity contribution in [2.75, 3.05) is 18.5 Å². The predicted molar refractivity (Wildman–Crippen MR) is 97.1 cm³/mol. The lowest BCUT2D eigenvalue weighted by Crippen LogP contribution is -2.24. The monoisotopic (exact) mass is 353 g/mol. The van der Waals surface area contributed by atoms with E-state index in [9.17, 15) is 14.4 Å². The summed E-state index contributed by atoms with van der Waals surface area (Å²) in [4.78, 5) is 39.8. The Morgan fingerprint density at radius 3 is 2.35 bits per heavy atom. The van der Waals surface area contributed by atoms with Crippen molar-refractivity contribution in [2.24, 2.45) is 0 Å². The number of rotatable bonds is 7.